The maximum Gasteiger partial charge on any atom is 0.246 e. The lowest BCUT2D eigenvalue weighted by Gasteiger charge is -2.20. The van der Waals surface area contributed by atoms with Crippen LogP contribution in [0.2, 0.25) is 5.02 Å². The van der Waals surface area contributed by atoms with Gasteiger partial charge < -0.3 is 24.1 Å². The number of nitrogens with zero attached hydrogens (tertiary/aromatic N) is 2. The lowest BCUT2D eigenvalue weighted by atomic mass is 10.2. The maximum absolute atomic E-state index is 6.20. The van der Waals surface area contributed by atoms with Crippen LogP contribution in [0.25, 0.3) is 11.4 Å². The molecule has 0 spiro atoms. The number of benzene rings is 1. The van der Waals surface area contributed by atoms with Gasteiger partial charge in [-0.1, -0.05) is 16.8 Å². The minimum atomic E-state index is -0.0920. The molecule has 8 heteroatoms. The molecule has 0 saturated carbocycles. The van der Waals surface area contributed by atoms with Crippen molar-refractivity contribution in [2.45, 2.75) is 6.04 Å². The van der Waals surface area contributed by atoms with Gasteiger partial charge in [0, 0.05) is 12.1 Å². The van der Waals surface area contributed by atoms with Gasteiger partial charge in [0.2, 0.25) is 11.7 Å². The Labute approximate surface area is 132 Å². The van der Waals surface area contributed by atoms with E-state index in [1.54, 1.807) is 19.2 Å². The summed E-state index contributed by atoms with van der Waals surface area (Å²) >= 11 is 6.20. The molecule has 1 aromatic carbocycles. The minimum Gasteiger partial charge on any atom is -0.493 e. The SMILES string of the molecule is COc1cc(-c2noc(C3COCCN3)n2)cc(Cl)c1OC. The summed E-state index contributed by atoms with van der Waals surface area (Å²) in [4.78, 5) is 4.40. The number of halogens is 1. The molecule has 7 nitrogen and oxygen atoms in total. The third-order valence-corrected chi connectivity index (χ3v) is 3.63. The van der Waals surface area contributed by atoms with Gasteiger partial charge in [0.25, 0.3) is 0 Å². The Bertz CT molecular complexity index is 656. The van der Waals surface area contributed by atoms with Crippen LogP contribution in [0.4, 0.5) is 0 Å². The number of hydrogen-bond acceptors (Lipinski definition) is 7. The molecule has 1 N–H and O–H groups in total. The van der Waals surface area contributed by atoms with E-state index in [9.17, 15) is 0 Å². The highest BCUT2D eigenvalue weighted by Crippen LogP contribution is 2.38. The summed E-state index contributed by atoms with van der Waals surface area (Å²) in [5, 5.41) is 7.68. The van der Waals surface area contributed by atoms with Crippen molar-refractivity contribution in [3.63, 3.8) is 0 Å². The summed E-state index contributed by atoms with van der Waals surface area (Å²) in [6.45, 7) is 1.95. The van der Waals surface area contributed by atoms with Crippen LogP contribution in [0.5, 0.6) is 11.5 Å². The normalized spacial score (nSPS) is 18.2. The second-order valence-electron chi connectivity index (χ2n) is 4.73. The molecule has 3 rings (SSSR count). The molecule has 0 amide bonds. The van der Waals surface area contributed by atoms with E-state index in [1.807, 2.05) is 0 Å². The highest BCUT2D eigenvalue weighted by molar-refractivity contribution is 6.32. The van der Waals surface area contributed by atoms with Crippen molar-refractivity contribution in [1.29, 1.82) is 0 Å². The molecular weight excluding hydrogens is 310 g/mol. The Kier molecular flexibility index (Phi) is 4.47. The number of morpholine rings is 1. The fraction of sp³-hybridized carbons (Fsp3) is 0.429. The highest BCUT2D eigenvalue weighted by Gasteiger charge is 2.23. The average Bonchev–Trinajstić information content (AvgIpc) is 3.05. The summed E-state index contributed by atoms with van der Waals surface area (Å²) < 4.78 is 21.2. The van der Waals surface area contributed by atoms with Crippen molar-refractivity contribution in [3.8, 4) is 22.9 Å². The lowest BCUT2D eigenvalue weighted by Crippen LogP contribution is -2.34. The minimum absolute atomic E-state index is 0.0920. The van der Waals surface area contributed by atoms with Crippen LogP contribution < -0.4 is 14.8 Å². The summed E-state index contributed by atoms with van der Waals surface area (Å²) in [5.74, 6) is 1.90. The monoisotopic (exact) mass is 325 g/mol. The van der Waals surface area contributed by atoms with Gasteiger partial charge >= 0.3 is 0 Å². The van der Waals surface area contributed by atoms with E-state index in [4.69, 9.17) is 30.3 Å². The van der Waals surface area contributed by atoms with E-state index in [0.717, 1.165) is 6.54 Å². The molecule has 1 unspecified atom stereocenters. The van der Waals surface area contributed by atoms with E-state index < -0.39 is 0 Å². The van der Waals surface area contributed by atoms with Crippen molar-refractivity contribution < 1.29 is 18.7 Å². The van der Waals surface area contributed by atoms with Crippen molar-refractivity contribution in [2.75, 3.05) is 34.0 Å². The molecule has 0 bridgehead atoms. The standard InChI is InChI=1S/C14H16ClN3O4/c1-19-11-6-8(5-9(15)12(11)20-2)13-17-14(22-18-13)10-7-21-4-3-16-10/h5-6,10,16H,3-4,7H2,1-2H3. The summed E-state index contributed by atoms with van der Waals surface area (Å²) in [6.07, 6.45) is 0. The average molecular weight is 326 g/mol. The molecule has 118 valence electrons. The zero-order valence-electron chi connectivity index (χ0n) is 12.3. The molecule has 1 fully saturated rings. The molecule has 2 aromatic rings. The predicted octanol–water partition coefficient (Wildman–Crippen LogP) is 2.07. The van der Waals surface area contributed by atoms with Crippen molar-refractivity contribution in [3.05, 3.63) is 23.0 Å². The fourth-order valence-corrected chi connectivity index (χ4v) is 2.55. The first kappa shape index (κ1) is 15.1. The summed E-state index contributed by atoms with van der Waals surface area (Å²) in [6, 6.07) is 3.37. The lowest BCUT2D eigenvalue weighted by molar-refractivity contribution is 0.0659. The Morgan fingerprint density at radius 2 is 2.18 bits per heavy atom. The number of rotatable bonds is 4. The Balaban J connectivity index is 1.91. The third kappa shape index (κ3) is 2.87. The molecule has 1 aliphatic rings. The van der Waals surface area contributed by atoms with Gasteiger partial charge in [0.05, 0.1) is 32.5 Å². The number of methoxy groups -OCH3 is 2. The first-order chi connectivity index (χ1) is 10.7. The second-order valence-corrected chi connectivity index (χ2v) is 5.14. The van der Waals surface area contributed by atoms with E-state index in [0.29, 0.717) is 47.0 Å². The summed E-state index contributed by atoms with van der Waals surface area (Å²) in [5.41, 5.74) is 0.689. The van der Waals surface area contributed by atoms with Gasteiger partial charge in [-0.25, -0.2) is 0 Å². The van der Waals surface area contributed by atoms with Gasteiger partial charge in [-0.15, -0.1) is 0 Å². The summed E-state index contributed by atoms with van der Waals surface area (Å²) in [7, 11) is 3.08. The molecular formula is C14H16ClN3O4. The quantitative estimate of drug-likeness (QED) is 0.921. The van der Waals surface area contributed by atoms with Gasteiger partial charge in [-0.2, -0.15) is 4.98 Å². The fourth-order valence-electron chi connectivity index (χ4n) is 2.27. The highest BCUT2D eigenvalue weighted by atomic mass is 35.5. The van der Waals surface area contributed by atoms with E-state index >= 15 is 0 Å². The third-order valence-electron chi connectivity index (χ3n) is 3.35. The van der Waals surface area contributed by atoms with E-state index in [-0.39, 0.29) is 6.04 Å². The Hall–Kier alpha value is -1.83. The molecule has 22 heavy (non-hydrogen) atoms. The van der Waals surface area contributed by atoms with Crippen LogP contribution in [0.3, 0.4) is 0 Å². The smallest absolute Gasteiger partial charge is 0.246 e. The predicted molar refractivity (Wildman–Crippen MR) is 79.4 cm³/mol. The van der Waals surface area contributed by atoms with Gasteiger partial charge in [0.15, 0.2) is 11.5 Å². The van der Waals surface area contributed by atoms with Crippen molar-refractivity contribution in [1.82, 2.24) is 15.5 Å². The molecule has 1 atom stereocenters. The molecule has 1 aromatic heterocycles. The van der Waals surface area contributed by atoms with Crippen LogP contribution in [-0.2, 0) is 4.74 Å². The maximum atomic E-state index is 6.20. The van der Waals surface area contributed by atoms with E-state index in [2.05, 4.69) is 15.5 Å². The molecule has 0 aliphatic carbocycles. The van der Waals surface area contributed by atoms with Crippen LogP contribution >= 0.6 is 11.6 Å². The first-order valence-electron chi connectivity index (χ1n) is 6.79. The van der Waals surface area contributed by atoms with Gasteiger partial charge in [-0.3, -0.25) is 0 Å². The topological polar surface area (TPSA) is 78.6 Å². The number of aromatic nitrogens is 2. The van der Waals surface area contributed by atoms with Gasteiger partial charge in [0.1, 0.15) is 6.04 Å². The Morgan fingerprint density at radius 3 is 2.86 bits per heavy atom. The largest absolute Gasteiger partial charge is 0.493 e. The Morgan fingerprint density at radius 1 is 1.32 bits per heavy atom. The number of ether oxygens (including phenoxy) is 3. The second kappa shape index (κ2) is 6.51. The van der Waals surface area contributed by atoms with Crippen LogP contribution in [0, 0.1) is 0 Å². The zero-order chi connectivity index (χ0) is 15.5. The first-order valence-corrected chi connectivity index (χ1v) is 7.17. The van der Waals surface area contributed by atoms with Gasteiger partial charge in [-0.05, 0) is 12.1 Å². The molecule has 1 aliphatic heterocycles. The zero-order valence-corrected chi connectivity index (χ0v) is 13.0. The van der Waals surface area contributed by atoms with Crippen molar-refractivity contribution in [2.24, 2.45) is 0 Å². The van der Waals surface area contributed by atoms with E-state index in [1.165, 1.54) is 7.11 Å². The number of hydrogen-bond donors (Lipinski definition) is 1. The van der Waals surface area contributed by atoms with Crippen LogP contribution in [0.1, 0.15) is 11.9 Å². The molecule has 1 saturated heterocycles. The number of nitrogens with one attached hydrogen (secondary N) is 1. The molecule has 2 heterocycles. The van der Waals surface area contributed by atoms with Crippen molar-refractivity contribution >= 4 is 11.6 Å². The van der Waals surface area contributed by atoms with Crippen LogP contribution in [-0.4, -0.2) is 44.1 Å². The van der Waals surface area contributed by atoms with Crippen LogP contribution in [0.15, 0.2) is 16.7 Å². The molecule has 0 radical (unpaired) electrons.